The van der Waals surface area contributed by atoms with Gasteiger partial charge in [-0.1, -0.05) is 30.3 Å². The molecule has 28 heavy (non-hydrogen) atoms. The first-order chi connectivity index (χ1) is 13.4. The van der Waals surface area contributed by atoms with Gasteiger partial charge >= 0.3 is 12.0 Å². The van der Waals surface area contributed by atoms with Crippen molar-refractivity contribution >= 4 is 35.6 Å². The van der Waals surface area contributed by atoms with Crippen LogP contribution in [0.5, 0.6) is 0 Å². The largest absolute Gasteiger partial charge is 0.446 e. The monoisotopic (exact) mass is 405 g/mol. The van der Waals surface area contributed by atoms with E-state index in [1.807, 2.05) is 6.92 Å². The van der Waals surface area contributed by atoms with Gasteiger partial charge in [0.1, 0.15) is 6.04 Å². The van der Waals surface area contributed by atoms with E-state index in [1.165, 1.54) is 0 Å². The average Bonchev–Trinajstić information content (AvgIpc) is 3.16. The highest BCUT2D eigenvalue weighted by Crippen LogP contribution is 2.47. The second-order valence-corrected chi connectivity index (χ2v) is 8.34. The lowest BCUT2D eigenvalue weighted by molar-refractivity contribution is -0.162. The minimum atomic E-state index is -1.29. The number of carbonyl (C=O) groups is 4. The number of esters is 1. The zero-order valence-corrected chi connectivity index (χ0v) is 16.6. The summed E-state index contributed by atoms with van der Waals surface area (Å²) in [5, 5.41) is 4.65. The summed E-state index contributed by atoms with van der Waals surface area (Å²) < 4.78 is 5.52. The van der Waals surface area contributed by atoms with Crippen LogP contribution in [0.1, 0.15) is 38.4 Å². The van der Waals surface area contributed by atoms with Crippen molar-refractivity contribution in [2.45, 2.75) is 43.7 Å². The lowest BCUT2D eigenvalue weighted by Gasteiger charge is -2.30. The molecule has 1 aromatic rings. The minimum absolute atomic E-state index is 0.0857. The molecule has 0 bridgehead atoms. The third-order valence-corrected chi connectivity index (χ3v) is 6.37. The quantitative estimate of drug-likeness (QED) is 0.721. The number of carbonyl (C=O) groups excluding carboxylic acids is 4. The number of imide groups is 1. The highest BCUT2D eigenvalue weighted by molar-refractivity contribution is 8.01. The van der Waals surface area contributed by atoms with Gasteiger partial charge in [0, 0.05) is 24.3 Å². The zero-order valence-electron chi connectivity index (χ0n) is 15.8. The summed E-state index contributed by atoms with van der Waals surface area (Å²) in [6.07, 6.45) is -0.210. The van der Waals surface area contributed by atoms with Gasteiger partial charge in [0.2, 0.25) is 12.0 Å². The Morgan fingerprint density at radius 1 is 1.32 bits per heavy atom. The van der Waals surface area contributed by atoms with Gasteiger partial charge < -0.3 is 15.0 Å². The molecule has 4 amide bonds. The Hall–Kier alpha value is -2.55. The van der Waals surface area contributed by atoms with Gasteiger partial charge in [0.05, 0.1) is 4.87 Å². The fourth-order valence-electron chi connectivity index (χ4n) is 3.47. The SMILES string of the molecule is CCNC(=O)NC(=O)[C@@H](OC(=O)[C@H]1CS[C@@]2(C)CCC(=O)N12)c1ccccc1. The summed E-state index contributed by atoms with van der Waals surface area (Å²) in [5.41, 5.74) is 0.443. The highest BCUT2D eigenvalue weighted by atomic mass is 32.2. The van der Waals surface area contributed by atoms with E-state index in [-0.39, 0.29) is 5.91 Å². The molecule has 150 valence electrons. The van der Waals surface area contributed by atoms with Gasteiger partial charge in [-0.2, -0.15) is 0 Å². The molecule has 8 nitrogen and oxygen atoms in total. The molecule has 2 heterocycles. The normalized spacial score (nSPS) is 24.4. The van der Waals surface area contributed by atoms with Crippen LogP contribution in [0.2, 0.25) is 0 Å². The molecule has 2 aliphatic heterocycles. The topological polar surface area (TPSA) is 105 Å². The Labute approximate surface area is 167 Å². The van der Waals surface area contributed by atoms with E-state index in [0.29, 0.717) is 30.7 Å². The van der Waals surface area contributed by atoms with Crippen molar-refractivity contribution < 1.29 is 23.9 Å². The molecule has 2 saturated heterocycles. The number of ether oxygens (including phenoxy) is 1. The van der Waals surface area contributed by atoms with Crippen molar-refractivity contribution in [1.82, 2.24) is 15.5 Å². The number of fused-ring (bicyclic) bond motifs is 1. The molecule has 0 aliphatic carbocycles. The van der Waals surface area contributed by atoms with Crippen molar-refractivity contribution in [2.75, 3.05) is 12.3 Å². The number of hydrogen-bond donors (Lipinski definition) is 2. The molecule has 0 aromatic heterocycles. The Morgan fingerprint density at radius 3 is 2.71 bits per heavy atom. The van der Waals surface area contributed by atoms with Crippen LogP contribution in [-0.2, 0) is 19.1 Å². The van der Waals surface area contributed by atoms with Crippen LogP contribution in [0.15, 0.2) is 30.3 Å². The number of nitrogens with zero attached hydrogens (tertiary/aromatic N) is 1. The molecule has 1 aromatic carbocycles. The fourth-order valence-corrected chi connectivity index (χ4v) is 4.89. The number of urea groups is 1. The summed E-state index contributed by atoms with van der Waals surface area (Å²) in [4.78, 5) is 50.6. The van der Waals surface area contributed by atoms with Crippen molar-refractivity contribution in [2.24, 2.45) is 0 Å². The van der Waals surface area contributed by atoms with Crippen LogP contribution >= 0.6 is 11.8 Å². The van der Waals surface area contributed by atoms with Crippen LogP contribution in [0, 0.1) is 0 Å². The molecule has 0 spiro atoms. The predicted octanol–water partition coefficient (Wildman–Crippen LogP) is 1.57. The summed E-state index contributed by atoms with van der Waals surface area (Å²) in [6.45, 7) is 4.01. The molecule has 3 atom stereocenters. The van der Waals surface area contributed by atoms with Crippen LogP contribution in [0.25, 0.3) is 0 Å². The van der Waals surface area contributed by atoms with Crippen LogP contribution in [-0.4, -0.2) is 51.9 Å². The Bertz CT molecular complexity index is 787. The molecular weight excluding hydrogens is 382 g/mol. The molecule has 2 fully saturated rings. The number of rotatable bonds is 5. The molecule has 3 rings (SSSR count). The third-order valence-electron chi connectivity index (χ3n) is 4.87. The van der Waals surface area contributed by atoms with Gasteiger partial charge in [-0.3, -0.25) is 14.9 Å². The van der Waals surface area contributed by atoms with Gasteiger partial charge in [-0.25, -0.2) is 9.59 Å². The number of amides is 4. The van der Waals surface area contributed by atoms with E-state index in [1.54, 1.807) is 53.9 Å². The first-order valence-electron chi connectivity index (χ1n) is 9.16. The van der Waals surface area contributed by atoms with Gasteiger partial charge in [0.15, 0.2) is 0 Å². The van der Waals surface area contributed by atoms with Crippen molar-refractivity contribution in [3.63, 3.8) is 0 Å². The molecular formula is C19H23N3O5S. The second kappa shape index (κ2) is 8.22. The van der Waals surface area contributed by atoms with Crippen LogP contribution < -0.4 is 10.6 Å². The van der Waals surface area contributed by atoms with Gasteiger partial charge in [-0.15, -0.1) is 11.8 Å². The molecule has 0 saturated carbocycles. The minimum Gasteiger partial charge on any atom is -0.446 e. The first kappa shape index (κ1) is 20.2. The predicted molar refractivity (Wildman–Crippen MR) is 103 cm³/mol. The second-order valence-electron chi connectivity index (χ2n) is 6.84. The molecule has 2 aliphatic rings. The van der Waals surface area contributed by atoms with Gasteiger partial charge in [0.25, 0.3) is 5.91 Å². The molecule has 2 N–H and O–H groups in total. The molecule has 9 heteroatoms. The average molecular weight is 405 g/mol. The van der Waals surface area contributed by atoms with Gasteiger partial charge in [-0.05, 0) is 20.3 Å². The van der Waals surface area contributed by atoms with E-state index in [9.17, 15) is 19.2 Å². The van der Waals surface area contributed by atoms with Crippen molar-refractivity contribution in [3.8, 4) is 0 Å². The lowest BCUT2D eigenvalue weighted by atomic mass is 10.1. The standard InChI is InChI=1S/C19H23N3O5S/c1-3-20-18(26)21-16(24)15(12-7-5-4-6-8-12)27-17(25)13-11-28-19(2)10-9-14(23)22(13)19/h4-8,13,15H,3,9-11H2,1-2H3,(H2,20,21,24,26)/t13-,15+,19+/m1/s1. The number of thioether (sulfide) groups is 1. The zero-order chi connectivity index (χ0) is 20.3. The number of hydrogen-bond acceptors (Lipinski definition) is 6. The highest BCUT2D eigenvalue weighted by Gasteiger charge is 2.54. The maximum Gasteiger partial charge on any atom is 0.330 e. The van der Waals surface area contributed by atoms with E-state index in [2.05, 4.69) is 10.6 Å². The lowest BCUT2D eigenvalue weighted by Crippen LogP contribution is -2.48. The number of nitrogens with one attached hydrogen (secondary N) is 2. The number of benzene rings is 1. The fraction of sp³-hybridized carbons (Fsp3) is 0.474. The van der Waals surface area contributed by atoms with Crippen LogP contribution in [0.3, 0.4) is 0 Å². The maximum atomic E-state index is 12.9. The Morgan fingerprint density at radius 2 is 2.04 bits per heavy atom. The maximum absolute atomic E-state index is 12.9. The van der Waals surface area contributed by atoms with E-state index >= 15 is 0 Å². The Kier molecular flexibility index (Phi) is 5.93. The van der Waals surface area contributed by atoms with Crippen LogP contribution in [0.4, 0.5) is 4.79 Å². The third kappa shape index (κ3) is 3.99. The summed E-state index contributed by atoms with van der Waals surface area (Å²) >= 11 is 1.54. The van der Waals surface area contributed by atoms with Crippen molar-refractivity contribution in [1.29, 1.82) is 0 Å². The summed E-state index contributed by atoms with van der Waals surface area (Å²) in [5.74, 6) is -1.06. The first-order valence-corrected chi connectivity index (χ1v) is 10.1. The van der Waals surface area contributed by atoms with E-state index in [0.717, 1.165) is 0 Å². The van der Waals surface area contributed by atoms with E-state index < -0.39 is 34.9 Å². The molecule has 0 unspecified atom stereocenters. The van der Waals surface area contributed by atoms with E-state index in [4.69, 9.17) is 4.74 Å². The smallest absolute Gasteiger partial charge is 0.330 e. The molecule has 0 radical (unpaired) electrons. The Balaban J connectivity index is 1.78. The van der Waals surface area contributed by atoms with Crippen molar-refractivity contribution in [3.05, 3.63) is 35.9 Å². The summed E-state index contributed by atoms with van der Waals surface area (Å²) in [6, 6.07) is 7.07. The summed E-state index contributed by atoms with van der Waals surface area (Å²) in [7, 11) is 0.